The second kappa shape index (κ2) is 5.69. The van der Waals surface area contributed by atoms with Gasteiger partial charge in [-0.1, -0.05) is 12.1 Å². The highest BCUT2D eigenvalue weighted by atomic mass is 16.3. The summed E-state index contributed by atoms with van der Waals surface area (Å²) in [5.74, 6) is 0.598. The first-order chi connectivity index (χ1) is 9.40. The molecule has 0 fully saturated rings. The van der Waals surface area contributed by atoms with Crippen LogP contribution < -0.4 is 0 Å². The van der Waals surface area contributed by atoms with E-state index in [1.165, 1.54) is 0 Å². The summed E-state index contributed by atoms with van der Waals surface area (Å²) in [7, 11) is 7.89. The molecule has 0 saturated carbocycles. The molecule has 2 aromatic rings. The fourth-order valence-corrected chi connectivity index (χ4v) is 2.47. The van der Waals surface area contributed by atoms with Crippen molar-refractivity contribution in [2.24, 2.45) is 0 Å². The van der Waals surface area contributed by atoms with Crippen LogP contribution in [-0.2, 0) is 13.1 Å². The largest absolute Gasteiger partial charge is 0.508 e. The number of aromatic hydroxyl groups is 2. The highest BCUT2D eigenvalue weighted by Crippen LogP contribution is 2.34. The molecule has 0 aliphatic carbocycles. The number of benzene rings is 2. The van der Waals surface area contributed by atoms with Crippen LogP contribution in [0, 0.1) is 0 Å². The molecule has 0 unspecified atom stereocenters. The van der Waals surface area contributed by atoms with Crippen LogP contribution in [0.4, 0.5) is 0 Å². The number of phenolic OH excluding ortho intramolecular Hbond substituents is 2. The minimum absolute atomic E-state index is 0.299. The Hall–Kier alpha value is -1.78. The molecule has 0 radical (unpaired) electrons. The summed E-state index contributed by atoms with van der Waals surface area (Å²) in [6.45, 7) is 1.32. The van der Waals surface area contributed by atoms with Crippen molar-refractivity contribution < 1.29 is 10.2 Å². The summed E-state index contributed by atoms with van der Waals surface area (Å²) < 4.78 is 0. The smallest absolute Gasteiger partial charge is 0.120 e. The Bertz CT molecular complexity index is 566. The normalized spacial score (nSPS) is 11.7. The molecule has 0 spiro atoms. The van der Waals surface area contributed by atoms with Crippen molar-refractivity contribution in [1.82, 2.24) is 9.80 Å². The summed E-state index contributed by atoms with van der Waals surface area (Å²) in [6.07, 6.45) is 0. The fourth-order valence-electron chi connectivity index (χ4n) is 2.47. The minimum atomic E-state index is 0.299. The SMILES string of the molecule is CN(C)Cc1c(O)ccc2c(CN(C)C)c(O)ccc12. The van der Waals surface area contributed by atoms with E-state index < -0.39 is 0 Å². The monoisotopic (exact) mass is 274 g/mol. The number of hydrogen-bond donors (Lipinski definition) is 2. The molecule has 4 heteroatoms. The predicted molar refractivity (Wildman–Crippen MR) is 82.1 cm³/mol. The van der Waals surface area contributed by atoms with Crippen LogP contribution in [0.3, 0.4) is 0 Å². The average Bonchev–Trinajstić information content (AvgIpc) is 2.35. The third-order valence-electron chi connectivity index (χ3n) is 3.32. The van der Waals surface area contributed by atoms with Crippen LogP contribution in [0.5, 0.6) is 11.5 Å². The van der Waals surface area contributed by atoms with E-state index in [-0.39, 0.29) is 0 Å². The van der Waals surface area contributed by atoms with E-state index >= 15 is 0 Å². The Morgan fingerprint density at radius 1 is 0.700 bits per heavy atom. The second-order valence-electron chi connectivity index (χ2n) is 5.70. The molecule has 0 saturated heterocycles. The van der Waals surface area contributed by atoms with Crippen LogP contribution in [0.15, 0.2) is 24.3 Å². The van der Waals surface area contributed by atoms with Gasteiger partial charge >= 0.3 is 0 Å². The highest BCUT2D eigenvalue weighted by molar-refractivity contribution is 5.92. The van der Waals surface area contributed by atoms with Gasteiger partial charge in [0.25, 0.3) is 0 Å². The van der Waals surface area contributed by atoms with E-state index in [2.05, 4.69) is 0 Å². The lowest BCUT2D eigenvalue weighted by Crippen LogP contribution is -2.13. The van der Waals surface area contributed by atoms with E-state index in [9.17, 15) is 10.2 Å². The van der Waals surface area contributed by atoms with Crippen LogP contribution in [0.25, 0.3) is 10.8 Å². The first-order valence-corrected chi connectivity index (χ1v) is 6.65. The molecule has 0 aromatic heterocycles. The summed E-state index contributed by atoms with van der Waals surface area (Å²) >= 11 is 0. The van der Waals surface area contributed by atoms with Gasteiger partial charge in [0.05, 0.1) is 0 Å². The molecule has 0 aliphatic rings. The first kappa shape index (κ1) is 14.6. The quantitative estimate of drug-likeness (QED) is 0.898. The standard InChI is InChI=1S/C16H22N2O2/c1-17(2)9-13-11-5-8-16(20)14(10-18(3)4)12(11)6-7-15(13)19/h5-8,19-20H,9-10H2,1-4H3. The van der Waals surface area contributed by atoms with Gasteiger partial charge in [-0.3, -0.25) is 0 Å². The van der Waals surface area contributed by atoms with Crippen LogP contribution >= 0.6 is 0 Å². The molecular formula is C16H22N2O2. The number of nitrogens with zero attached hydrogens (tertiary/aromatic N) is 2. The number of fused-ring (bicyclic) bond motifs is 1. The van der Waals surface area contributed by atoms with Gasteiger partial charge < -0.3 is 20.0 Å². The maximum Gasteiger partial charge on any atom is 0.120 e. The summed E-state index contributed by atoms with van der Waals surface area (Å²) in [5, 5.41) is 22.2. The average molecular weight is 274 g/mol. The molecule has 20 heavy (non-hydrogen) atoms. The predicted octanol–water partition coefficient (Wildman–Crippen LogP) is 2.37. The van der Waals surface area contributed by atoms with Crippen molar-refractivity contribution in [2.75, 3.05) is 28.2 Å². The van der Waals surface area contributed by atoms with Gasteiger partial charge in [-0.05, 0) is 51.1 Å². The molecule has 108 valence electrons. The lowest BCUT2D eigenvalue weighted by molar-refractivity contribution is 0.385. The van der Waals surface area contributed by atoms with Crippen molar-refractivity contribution in [3.05, 3.63) is 35.4 Å². The van der Waals surface area contributed by atoms with E-state index in [0.29, 0.717) is 24.6 Å². The van der Waals surface area contributed by atoms with Gasteiger partial charge in [-0.15, -0.1) is 0 Å². The topological polar surface area (TPSA) is 46.9 Å². The molecule has 2 rings (SSSR count). The van der Waals surface area contributed by atoms with E-state index in [0.717, 1.165) is 21.9 Å². The third-order valence-corrected chi connectivity index (χ3v) is 3.32. The molecule has 0 atom stereocenters. The van der Waals surface area contributed by atoms with Crippen molar-refractivity contribution in [3.63, 3.8) is 0 Å². The number of rotatable bonds is 4. The van der Waals surface area contributed by atoms with E-state index in [1.54, 1.807) is 12.1 Å². The van der Waals surface area contributed by atoms with Crippen molar-refractivity contribution in [2.45, 2.75) is 13.1 Å². The molecule has 2 N–H and O–H groups in total. The molecule has 0 heterocycles. The zero-order chi connectivity index (χ0) is 14.9. The van der Waals surface area contributed by atoms with Crippen LogP contribution in [-0.4, -0.2) is 48.2 Å². The molecular weight excluding hydrogens is 252 g/mol. The Kier molecular flexibility index (Phi) is 4.16. The first-order valence-electron chi connectivity index (χ1n) is 6.65. The maximum atomic E-state index is 10.1. The summed E-state index contributed by atoms with van der Waals surface area (Å²) in [4.78, 5) is 4.04. The van der Waals surface area contributed by atoms with Gasteiger partial charge in [0.15, 0.2) is 0 Å². The molecule has 0 aliphatic heterocycles. The van der Waals surface area contributed by atoms with Crippen molar-refractivity contribution in [1.29, 1.82) is 0 Å². The zero-order valence-electron chi connectivity index (χ0n) is 12.5. The Morgan fingerprint density at radius 3 is 1.35 bits per heavy atom. The highest BCUT2D eigenvalue weighted by Gasteiger charge is 2.13. The van der Waals surface area contributed by atoms with Gasteiger partial charge in [0, 0.05) is 24.2 Å². The molecule has 0 amide bonds. The third kappa shape index (κ3) is 2.86. The summed E-state index contributed by atoms with van der Waals surface area (Å²) in [6, 6.07) is 7.17. The molecule has 2 aromatic carbocycles. The fraction of sp³-hybridized carbons (Fsp3) is 0.375. The lowest BCUT2D eigenvalue weighted by Gasteiger charge is -2.18. The maximum absolute atomic E-state index is 10.1. The van der Waals surface area contributed by atoms with Crippen LogP contribution in [0.1, 0.15) is 11.1 Å². The Morgan fingerprint density at radius 2 is 1.05 bits per heavy atom. The van der Waals surface area contributed by atoms with Gasteiger partial charge in [-0.2, -0.15) is 0 Å². The molecule has 4 nitrogen and oxygen atoms in total. The number of hydrogen-bond acceptors (Lipinski definition) is 4. The Balaban J connectivity index is 2.67. The van der Waals surface area contributed by atoms with Crippen molar-refractivity contribution >= 4 is 10.8 Å². The van der Waals surface area contributed by atoms with E-state index in [4.69, 9.17) is 0 Å². The Labute approximate surface area is 119 Å². The lowest BCUT2D eigenvalue weighted by atomic mass is 9.98. The van der Waals surface area contributed by atoms with Gasteiger partial charge in [0.2, 0.25) is 0 Å². The summed E-state index contributed by atoms with van der Waals surface area (Å²) in [5.41, 5.74) is 1.79. The minimum Gasteiger partial charge on any atom is -0.508 e. The van der Waals surface area contributed by atoms with E-state index in [1.807, 2.05) is 50.1 Å². The van der Waals surface area contributed by atoms with Gasteiger partial charge in [0.1, 0.15) is 11.5 Å². The van der Waals surface area contributed by atoms with Crippen LogP contribution in [0.2, 0.25) is 0 Å². The molecule has 0 bridgehead atoms. The second-order valence-corrected chi connectivity index (χ2v) is 5.70. The number of phenols is 2. The van der Waals surface area contributed by atoms with Gasteiger partial charge in [-0.25, -0.2) is 0 Å². The van der Waals surface area contributed by atoms with Crippen molar-refractivity contribution in [3.8, 4) is 11.5 Å². The zero-order valence-corrected chi connectivity index (χ0v) is 12.5.